The van der Waals surface area contributed by atoms with Crippen LogP contribution in [0.2, 0.25) is 0 Å². The van der Waals surface area contributed by atoms with E-state index in [4.69, 9.17) is 9.47 Å². The minimum Gasteiger partial charge on any atom is -0.464 e. The monoisotopic (exact) mass is 470 g/mol. The first-order chi connectivity index (χ1) is 17.3. The van der Waals surface area contributed by atoms with Gasteiger partial charge in [-0.2, -0.15) is 5.26 Å². The van der Waals surface area contributed by atoms with Crippen LogP contribution >= 0.6 is 0 Å². The lowest BCUT2D eigenvalue weighted by atomic mass is 10.0. The number of aromatic nitrogens is 1. The van der Waals surface area contributed by atoms with Crippen LogP contribution in [-0.4, -0.2) is 47.1 Å². The molecule has 0 bridgehead atoms. The molecule has 0 unspecified atom stereocenters. The van der Waals surface area contributed by atoms with E-state index >= 15 is 0 Å². The van der Waals surface area contributed by atoms with Gasteiger partial charge in [-0.15, -0.1) is 0 Å². The van der Waals surface area contributed by atoms with E-state index < -0.39 is 0 Å². The molecule has 3 aliphatic rings. The smallest absolute Gasteiger partial charge is 0.231 e. The van der Waals surface area contributed by atoms with Crippen molar-refractivity contribution in [3.05, 3.63) is 84.0 Å². The molecule has 0 amide bonds. The Morgan fingerprint density at radius 1 is 1.00 bits per heavy atom. The van der Waals surface area contributed by atoms with Crippen LogP contribution in [0.4, 0.5) is 0 Å². The minimum absolute atomic E-state index is 0.722. The summed E-state index contributed by atoms with van der Waals surface area (Å²) in [7, 11) is 0. The fraction of sp³-hybridized carbons (Fsp3) is 0.414. The SMILES string of the molecule is N#Cc1ccc2ccn(CCCCN3CCCN(C4=COC=C(CC5=CC=CCC5)O4)CC3)c2c1. The van der Waals surface area contributed by atoms with E-state index in [9.17, 15) is 5.26 Å². The Balaban J connectivity index is 1.06. The summed E-state index contributed by atoms with van der Waals surface area (Å²) in [4.78, 5) is 4.89. The Morgan fingerprint density at radius 3 is 2.83 bits per heavy atom. The molecule has 1 saturated heterocycles. The van der Waals surface area contributed by atoms with Gasteiger partial charge in [0.05, 0.1) is 11.6 Å². The number of rotatable bonds is 8. The molecule has 5 rings (SSSR count). The average Bonchev–Trinajstić information content (AvgIpc) is 3.14. The second-order valence-corrected chi connectivity index (χ2v) is 9.53. The highest BCUT2D eigenvalue weighted by Crippen LogP contribution is 2.26. The van der Waals surface area contributed by atoms with Gasteiger partial charge >= 0.3 is 0 Å². The lowest BCUT2D eigenvalue weighted by molar-refractivity contribution is 0.120. The number of aryl methyl sites for hydroxylation is 1. The van der Waals surface area contributed by atoms with Crippen LogP contribution in [0.5, 0.6) is 0 Å². The second-order valence-electron chi connectivity index (χ2n) is 9.53. The second kappa shape index (κ2) is 11.3. The molecular formula is C29H34N4O2. The predicted molar refractivity (Wildman–Crippen MR) is 138 cm³/mol. The van der Waals surface area contributed by atoms with Crippen LogP contribution in [0.25, 0.3) is 10.9 Å². The molecule has 35 heavy (non-hydrogen) atoms. The van der Waals surface area contributed by atoms with Crippen LogP contribution in [0, 0.1) is 11.3 Å². The van der Waals surface area contributed by atoms with Gasteiger partial charge in [-0.05, 0) is 68.8 Å². The van der Waals surface area contributed by atoms with E-state index in [0.29, 0.717) is 0 Å². The van der Waals surface area contributed by atoms with Crippen LogP contribution in [0.1, 0.15) is 44.1 Å². The van der Waals surface area contributed by atoms with Crippen molar-refractivity contribution >= 4 is 10.9 Å². The number of hydrogen-bond donors (Lipinski definition) is 0. The molecule has 6 nitrogen and oxygen atoms in total. The quantitative estimate of drug-likeness (QED) is 0.467. The van der Waals surface area contributed by atoms with Gasteiger partial charge in [-0.25, -0.2) is 0 Å². The Kier molecular flexibility index (Phi) is 7.55. The molecule has 6 heteroatoms. The number of unbranched alkanes of at least 4 members (excludes halogenated alkanes) is 1. The van der Waals surface area contributed by atoms with Gasteiger partial charge in [0.25, 0.3) is 0 Å². The summed E-state index contributed by atoms with van der Waals surface area (Å²) in [5.41, 5.74) is 3.27. The third-order valence-corrected chi connectivity index (χ3v) is 7.03. The van der Waals surface area contributed by atoms with Crippen molar-refractivity contribution in [1.82, 2.24) is 14.4 Å². The zero-order chi connectivity index (χ0) is 23.9. The zero-order valence-electron chi connectivity index (χ0n) is 20.4. The number of benzene rings is 1. The Hall–Kier alpha value is -3.43. The first kappa shape index (κ1) is 23.3. The van der Waals surface area contributed by atoms with E-state index in [1.165, 1.54) is 11.0 Å². The molecule has 1 aliphatic carbocycles. The summed E-state index contributed by atoms with van der Waals surface area (Å²) in [6.45, 7) is 6.18. The molecule has 182 valence electrons. The molecule has 0 N–H and O–H groups in total. The standard InChI is InChI=1S/C29H34N4O2/c30-21-25-9-10-26-11-16-32(28(26)20-25)14-5-4-12-31-13-6-15-33(18-17-31)29-23-34-22-27(35-29)19-24-7-2-1-3-8-24/h1-2,7,9-11,16,20,22-23H,3-6,8,12-15,17-19H2. The summed E-state index contributed by atoms with van der Waals surface area (Å²) in [5.74, 6) is 1.73. The van der Waals surface area contributed by atoms with Crippen molar-refractivity contribution in [2.24, 2.45) is 0 Å². The molecule has 0 spiro atoms. The molecule has 1 fully saturated rings. The van der Waals surface area contributed by atoms with Crippen molar-refractivity contribution in [2.75, 3.05) is 32.7 Å². The van der Waals surface area contributed by atoms with Gasteiger partial charge in [0.2, 0.25) is 5.88 Å². The highest BCUT2D eigenvalue weighted by atomic mass is 16.6. The fourth-order valence-electron chi connectivity index (χ4n) is 5.07. The maximum Gasteiger partial charge on any atom is 0.231 e. The molecule has 2 aromatic rings. The van der Waals surface area contributed by atoms with E-state index in [1.807, 2.05) is 18.2 Å². The molecule has 0 atom stereocenters. The Labute approximate surface area is 208 Å². The number of nitrogens with zero attached hydrogens (tertiary/aromatic N) is 4. The summed E-state index contributed by atoms with van der Waals surface area (Å²) < 4.78 is 14.2. The maximum absolute atomic E-state index is 9.19. The molecule has 0 radical (unpaired) electrons. The molecule has 0 saturated carbocycles. The highest BCUT2D eigenvalue weighted by molar-refractivity contribution is 5.81. The largest absolute Gasteiger partial charge is 0.464 e. The first-order valence-corrected chi connectivity index (χ1v) is 12.8. The van der Waals surface area contributed by atoms with Crippen molar-refractivity contribution in [1.29, 1.82) is 5.26 Å². The van der Waals surface area contributed by atoms with E-state index in [1.54, 1.807) is 12.5 Å². The van der Waals surface area contributed by atoms with Crippen LogP contribution in [0.3, 0.4) is 0 Å². The topological polar surface area (TPSA) is 53.7 Å². The number of hydrogen-bond acceptors (Lipinski definition) is 5. The summed E-state index contributed by atoms with van der Waals surface area (Å²) in [5, 5.41) is 10.4. The third-order valence-electron chi connectivity index (χ3n) is 7.03. The van der Waals surface area contributed by atoms with Gasteiger partial charge in [-0.1, -0.05) is 29.9 Å². The summed E-state index contributed by atoms with van der Waals surface area (Å²) in [6.07, 6.45) is 18.6. The van der Waals surface area contributed by atoms with Gasteiger partial charge in [0.15, 0.2) is 6.26 Å². The van der Waals surface area contributed by atoms with E-state index in [2.05, 4.69) is 50.9 Å². The summed E-state index contributed by atoms with van der Waals surface area (Å²) >= 11 is 0. The normalized spacial score (nSPS) is 18.7. The van der Waals surface area contributed by atoms with E-state index in [0.717, 1.165) is 101 Å². The van der Waals surface area contributed by atoms with Crippen LogP contribution in [-0.2, 0) is 16.0 Å². The Bertz CT molecular complexity index is 1200. The van der Waals surface area contributed by atoms with Crippen molar-refractivity contribution in [3.8, 4) is 6.07 Å². The number of nitriles is 1. The van der Waals surface area contributed by atoms with Crippen molar-refractivity contribution in [2.45, 2.75) is 45.1 Å². The number of fused-ring (bicyclic) bond motifs is 1. The third kappa shape index (κ3) is 5.98. The molecule has 1 aromatic carbocycles. The van der Waals surface area contributed by atoms with E-state index in [-0.39, 0.29) is 0 Å². The van der Waals surface area contributed by atoms with Crippen LogP contribution < -0.4 is 0 Å². The molecule has 1 aromatic heterocycles. The first-order valence-electron chi connectivity index (χ1n) is 12.8. The maximum atomic E-state index is 9.19. The molecule has 2 aliphatic heterocycles. The number of allylic oxidation sites excluding steroid dienone is 4. The lowest BCUT2D eigenvalue weighted by Crippen LogP contribution is -2.32. The average molecular weight is 471 g/mol. The Morgan fingerprint density at radius 2 is 1.94 bits per heavy atom. The van der Waals surface area contributed by atoms with Crippen molar-refractivity contribution in [3.63, 3.8) is 0 Å². The van der Waals surface area contributed by atoms with Gasteiger partial charge in [0.1, 0.15) is 12.0 Å². The highest BCUT2D eigenvalue weighted by Gasteiger charge is 2.21. The fourth-order valence-corrected chi connectivity index (χ4v) is 5.07. The van der Waals surface area contributed by atoms with Gasteiger partial charge < -0.3 is 23.8 Å². The zero-order valence-corrected chi connectivity index (χ0v) is 20.4. The number of ether oxygens (including phenoxy) is 2. The van der Waals surface area contributed by atoms with Crippen molar-refractivity contribution < 1.29 is 9.47 Å². The van der Waals surface area contributed by atoms with Gasteiger partial charge in [0, 0.05) is 44.3 Å². The predicted octanol–water partition coefficient (Wildman–Crippen LogP) is 5.65. The molecular weight excluding hydrogens is 436 g/mol. The summed E-state index contributed by atoms with van der Waals surface area (Å²) in [6, 6.07) is 10.3. The van der Waals surface area contributed by atoms with Gasteiger partial charge in [-0.3, -0.25) is 0 Å². The van der Waals surface area contributed by atoms with Crippen LogP contribution in [0.15, 0.2) is 78.4 Å². The molecule has 3 heterocycles. The lowest BCUT2D eigenvalue weighted by Gasteiger charge is -2.28. The minimum atomic E-state index is 0.722.